The van der Waals surface area contributed by atoms with Gasteiger partial charge in [-0.1, -0.05) is 30.3 Å². The van der Waals surface area contributed by atoms with Gasteiger partial charge in [-0.2, -0.15) is 0 Å². The van der Waals surface area contributed by atoms with Crippen molar-refractivity contribution in [2.45, 2.75) is 11.8 Å². The number of amides is 1. The molecule has 0 aromatic heterocycles. The van der Waals surface area contributed by atoms with Gasteiger partial charge in [0.25, 0.3) is 0 Å². The summed E-state index contributed by atoms with van der Waals surface area (Å²) in [5.74, 6) is 0.334. The monoisotopic (exact) mass is 407 g/mol. The van der Waals surface area contributed by atoms with E-state index < -0.39 is 0 Å². The first-order valence-corrected chi connectivity index (χ1v) is 10.2. The van der Waals surface area contributed by atoms with Crippen molar-refractivity contribution < 1.29 is 4.79 Å². The van der Waals surface area contributed by atoms with Crippen molar-refractivity contribution >= 4 is 52.1 Å². The number of hydrogen-bond acceptors (Lipinski definition) is 3. The molecule has 0 aliphatic rings. The standard InChI is InChI=1S/C22H21N3OS2/c1-16-6-5-9-19(14-16)23-21(26)15-28-20-12-10-18(11-13-20)25-22(27)24-17-7-3-2-4-8-17/h2-14H,15H2,1H3,(H,23,26)(H2,24,25,27). The molecule has 0 aliphatic heterocycles. The molecule has 0 aliphatic carbocycles. The van der Waals surface area contributed by atoms with Crippen molar-refractivity contribution in [2.24, 2.45) is 0 Å². The highest BCUT2D eigenvalue weighted by Gasteiger charge is 2.05. The highest BCUT2D eigenvalue weighted by molar-refractivity contribution is 8.00. The first-order chi connectivity index (χ1) is 13.6. The molecule has 3 aromatic carbocycles. The van der Waals surface area contributed by atoms with Crippen molar-refractivity contribution in [1.82, 2.24) is 0 Å². The molecule has 0 heterocycles. The second-order valence-electron chi connectivity index (χ2n) is 6.18. The fourth-order valence-electron chi connectivity index (χ4n) is 2.52. The molecular weight excluding hydrogens is 386 g/mol. The van der Waals surface area contributed by atoms with Crippen molar-refractivity contribution in [3.05, 3.63) is 84.4 Å². The van der Waals surface area contributed by atoms with Gasteiger partial charge in [-0.05, 0) is 73.2 Å². The molecule has 6 heteroatoms. The van der Waals surface area contributed by atoms with E-state index in [1.54, 1.807) is 0 Å². The Labute approximate surface area is 174 Å². The van der Waals surface area contributed by atoms with Crippen LogP contribution in [0.4, 0.5) is 17.1 Å². The highest BCUT2D eigenvalue weighted by Crippen LogP contribution is 2.21. The topological polar surface area (TPSA) is 53.2 Å². The molecule has 28 heavy (non-hydrogen) atoms. The van der Waals surface area contributed by atoms with Crippen LogP contribution in [0.1, 0.15) is 5.56 Å². The Kier molecular flexibility index (Phi) is 7.06. The van der Waals surface area contributed by atoms with Crippen molar-refractivity contribution in [2.75, 3.05) is 21.7 Å². The van der Waals surface area contributed by atoms with Crippen molar-refractivity contribution in [3.63, 3.8) is 0 Å². The van der Waals surface area contributed by atoms with Crippen LogP contribution < -0.4 is 16.0 Å². The lowest BCUT2D eigenvalue weighted by Crippen LogP contribution is -2.18. The first-order valence-electron chi connectivity index (χ1n) is 8.81. The minimum atomic E-state index is -0.0222. The zero-order chi connectivity index (χ0) is 19.8. The number of carbonyl (C=O) groups excluding carboxylic acids is 1. The third kappa shape index (κ3) is 6.40. The van der Waals surface area contributed by atoms with Crippen LogP contribution in [0, 0.1) is 6.92 Å². The van der Waals surface area contributed by atoms with E-state index in [2.05, 4.69) is 16.0 Å². The van der Waals surface area contributed by atoms with Crippen LogP contribution in [0.15, 0.2) is 83.8 Å². The summed E-state index contributed by atoms with van der Waals surface area (Å²) < 4.78 is 0. The van der Waals surface area contributed by atoms with Gasteiger partial charge in [0.05, 0.1) is 5.75 Å². The van der Waals surface area contributed by atoms with Crippen LogP contribution in [0.25, 0.3) is 0 Å². The molecule has 3 aromatic rings. The third-order valence-corrected chi connectivity index (χ3v) is 5.03. The Morgan fingerprint density at radius 1 is 0.821 bits per heavy atom. The van der Waals surface area contributed by atoms with Crippen LogP contribution in [0.3, 0.4) is 0 Å². The number of benzene rings is 3. The van der Waals surface area contributed by atoms with E-state index in [0.717, 1.165) is 27.5 Å². The summed E-state index contributed by atoms with van der Waals surface area (Å²) in [6, 6.07) is 25.4. The number of carbonyl (C=O) groups is 1. The molecule has 0 atom stereocenters. The summed E-state index contributed by atoms with van der Waals surface area (Å²) in [5, 5.41) is 9.73. The van der Waals surface area contributed by atoms with Gasteiger partial charge in [-0.15, -0.1) is 11.8 Å². The normalized spacial score (nSPS) is 10.2. The second-order valence-corrected chi connectivity index (χ2v) is 7.63. The third-order valence-electron chi connectivity index (χ3n) is 3.82. The fraction of sp³-hybridized carbons (Fsp3) is 0.0909. The van der Waals surface area contributed by atoms with Gasteiger partial charge in [-0.3, -0.25) is 4.79 Å². The summed E-state index contributed by atoms with van der Waals surface area (Å²) >= 11 is 6.82. The quantitative estimate of drug-likeness (QED) is 0.370. The number of nitrogens with one attached hydrogen (secondary N) is 3. The van der Waals surface area contributed by atoms with Crippen LogP contribution in [-0.4, -0.2) is 16.8 Å². The molecule has 142 valence electrons. The Balaban J connectivity index is 1.46. The summed E-state index contributed by atoms with van der Waals surface area (Å²) in [6.45, 7) is 2.00. The minimum absolute atomic E-state index is 0.0222. The van der Waals surface area contributed by atoms with Gasteiger partial charge in [0.1, 0.15) is 0 Å². The van der Waals surface area contributed by atoms with Gasteiger partial charge < -0.3 is 16.0 Å². The molecule has 0 unspecified atom stereocenters. The molecule has 3 N–H and O–H groups in total. The number of aryl methyl sites for hydroxylation is 1. The zero-order valence-corrected chi connectivity index (χ0v) is 17.1. The van der Waals surface area contributed by atoms with E-state index in [1.165, 1.54) is 11.8 Å². The number of anilines is 3. The van der Waals surface area contributed by atoms with Crippen LogP contribution >= 0.6 is 24.0 Å². The van der Waals surface area contributed by atoms with Crippen molar-refractivity contribution in [3.8, 4) is 0 Å². The maximum absolute atomic E-state index is 12.1. The van der Waals surface area contributed by atoms with E-state index in [0.29, 0.717) is 10.9 Å². The van der Waals surface area contributed by atoms with Crippen LogP contribution in [0.2, 0.25) is 0 Å². The molecule has 4 nitrogen and oxygen atoms in total. The lowest BCUT2D eigenvalue weighted by atomic mass is 10.2. The van der Waals surface area contributed by atoms with Crippen LogP contribution in [-0.2, 0) is 4.79 Å². The number of hydrogen-bond donors (Lipinski definition) is 3. The second kappa shape index (κ2) is 9.92. The highest BCUT2D eigenvalue weighted by atomic mass is 32.2. The average molecular weight is 408 g/mol. The molecule has 1 amide bonds. The summed E-state index contributed by atoms with van der Waals surface area (Å²) in [5.41, 5.74) is 3.77. The predicted molar refractivity (Wildman–Crippen MR) is 123 cm³/mol. The number of para-hydroxylation sites is 1. The Hall–Kier alpha value is -2.83. The summed E-state index contributed by atoms with van der Waals surface area (Å²) in [7, 11) is 0. The molecular formula is C22H21N3OS2. The maximum Gasteiger partial charge on any atom is 0.234 e. The predicted octanol–water partition coefficient (Wildman–Crippen LogP) is 5.53. The Morgan fingerprint density at radius 3 is 2.14 bits per heavy atom. The molecule has 0 saturated heterocycles. The van der Waals surface area contributed by atoms with Gasteiger partial charge in [0.15, 0.2) is 5.11 Å². The molecule has 0 bridgehead atoms. The van der Waals surface area contributed by atoms with E-state index in [9.17, 15) is 4.79 Å². The SMILES string of the molecule is Cc1cccc(NC(=O)CSc2ccc(NC(=S)Nc3ccccc3)cc2)c1. The van der Waals surface area contributed by atoms with E-state index in [1.807, 2.05) is 85.8 Å². The van der Waals surface area contributed by atoms with E-state index in [-0.39, 0.29) is 5.91 Å². The summed E-state index contributed by atoms with van der Waals surface area (Å²) in [6.07, 6.45) is 0. The van der Waals surface area contributed by atoms with Gasteiger partial charge in [-0.25, -0.2) is 0 Å². The van der Waals surface area contributed by atoms with Gasteiger partial charge >= 0.3 is 0 Å². The zero-order valence-electron chi connectivity index (χ0n) is 15.4. The minimum Gasteiger partial charge on any atom is -0.332 e. The molecule has 0 radical (unpaired) electrons. The van der Waals surface area contributed by atoms with Gasteiger partial charge in [0, 0.05) is 22.0 Å². The number of rotatable bonds is 6. The molecule has 0 spiro atoms. The van der Waals surface area contributed by atoms with Crippen molar-refractivity contribution in [1.29, 1.82) is 0 Å². The first kappa shape index (κ1) is 19.9. The molecule has 0 saturated carbocycles. The smallest absolute Gasteiger partial charge is 0.234 e. The Morgan fingerprint density at radius 2 is 1.46 bits per heavy atom. The van der Waals surface area contributed by atoms with E-state index >= 15 is 0 Å². The maximum atomic E-state index is 12.1. The lowest BCUT2D eigenvalue weighted by molar-refractivity contribution is -0.113. The number of thiocarbonyl (C=S) groups is 1. The average Bonchev–Trinajstić information content (AvgIpc) is 2.68. The Bertz CT molecular complexity index is 944. The largest absolute Gasteiger partial charge is 0.332 e. The molecule has 0 fully saturated rings. The summed E-state index contributed by atoms with van der Waals surface area (Å²) in [4.78, 5) is 13.1. The lowest BCUT2D eigenvalue weighted by Gasteiger charge is -2.11. The van der Waals surface area contributed by atoms with E-state index in [4.69, 9.17) is 12.2 Å². The van der Waals surface area contributed by atoms with Crippen LogP contribution in [0.5, 0.6) is 0 Å². The number of thioether (sulfide) groups is 1. The van der Waals surface area contributed by atoms with Gasteiger partial charge in [0.2, 0.25) is 5.91 Å². The fourth-order valence-corrected chi connectivity index (χ4v) is 3.45. The molecule has 3 rings (SSSR count).